The molecular weight excluding hydrogens is 370 g/mol. The van der Waals surface area contributed by atoms with E-state index in [4.69, 9.17) is 9.47 Å². The second kappa shape index (κ2) is 9.28. The van der Waals surface area contributed by atoms with Gasteiger partial charge in [0.25, 0.3) is 0 Å². The van der Waals surface area contributed by atoms with Crippen molar-refractivity contribution in [1.82, 2.24) is 9.97 Å². The fourth-order valence-electron chi connectivity index (χ4n) is 2.78. The van der Waals surface area contributed by atoms with Crippen LogP contribution in [0.5, 0.6) is 6.01 Å². The SMILES string of the molecule is Cc1ccc(N=NCc2cc(N3CCOCC3)nc(OCC(C)(C)O)n2)cc1C. The van der Waals surface area contributed by atoms with Crippen LogP contribution >= 0.6 is 0 Å². The van der Waals surface area contributed by atoms with E-state index in [2.05, 4.69) is 38.9 Å². The van der Waals surface area contributed by atoms with Crippen molar-refractivity contribution in [3.63, 3.8) is 0 Å². The van der Waals surface area contributed by atoms with Gasteiger partial charge in [-0.25, -0.2) is 0 Å². The molecule has 1 aromatic carbocycles. The Hall–Kier alpha value is -2.58. The quantitative estimate of drug-likeness (QED) is 0.718. The molecule has 0 amide bonds. The van der Waals surface area contributed by atoms with Gasteiger partial charge in [0.2, 0.25) is 0 Å². The number of aryl methyl sites for hydroxylation is 2. The first kappa shape index (κ1) is 21.1. The second-order valence-electron chi connectivity index (χ2n) is 7.87. The van der Waals surface area contributed by atoms with Crippen molar-refractivity contribution in [3.8, 4) is 6.01 Å². The van der Waals surface area contributed by atoms with Crippen molar-refractivity contribution in [2.75, 3.05) is 37.8 Å². The van der Waals surface area contributed by atoms with E-state index < -0.39 is 5.60 Å². The first-order valence-electron chi connectivity index (χ1n) is 9.81. The number of morpholine rings is 1. The van der Waals surface area contributed by atoms with Gasteiger partial charge in [-0.2, -0.15) is 20.2 Å². The van der Waals surface area contributed by atoms with Gasteiger partial charge in [-0.1, -0.05) is 6.07 Å². The van der Waals surface area contributed by atoms with Crippen molar-refractivity contribution in [2.24, 2.45) is 10.2 Å². The molecule has 1 aliphatic heterocycles. The van der Waals surface area contributed by atoms with Crippen molar-refractivity contribution in [2.45, 2.75) is 39.8 Å². The molecule has 1 saturated heterocycles. The molecule has 2 heterocycles. The van der Waals surface area contributed by atoms with Crippen LogP contribution in [-0.4, -0.2) is 53.6 Å². The Labute approximate surface area is 171 Å². The summed E-state index contributed by atoms with van der Waals surface area (Å²) in [5.41, 5.74) is 2.96. The Morgan fingerprint density at radius 2 is 1.90 bits per heavy atom. The molecule has 29 heavy (non-hydrogen) atoms. The van der Waals surface area contributed by atoms with Gasteiger partial charge in [0.1, 0.15) is 19.0 Å². The predicted molar refractivity (Wildman–Crippen MR) is 111 cm³/mol. The lowest BCUT2D eigenvalue weighted by Crippen LogP contribution is -2.37. The van der Waals surface area contributed by atoms with E-state index in [0.717, 1.165) is 24.6 Å². The Bertz CT molecular complexity index is 858. The molecular formula is C21H29N5O3. The fraction of sp³-hybridized carbons (Fsp3) is 0.524. The number of azo groups is 1. The molecule has 1 aromatic heterocycles. The number of ether oxygens (including phenoxy) is 2. The van der Waals surface area contributed by atoms with E-state index in [1.165, 1.54) is 11.1 Å². The molecule has 8 heteroatoms. The summed E-state index contributed by atoms with van der Waals surface area (Å²) < 4.78 is 11.1. The number of aromatic nitrogens is 2. The molecule has 3 rings (SSSR count). The largest absolute Gasteiger partial charge is 0.460 e. The molecule has 8 nitrogen and oxygen atoms in total. The molecule has 0 atom stereocenters. The van der Waals surface area contributed by atoms with Gasteiger partial charge in [0, 0.05) is 19.2 Å². The molecule has 0 aliphatic carbocycles. The first-order valence-corrected chi connectivity index (χ1v) is 9.81. The minimum atomic E-state index is -0.971. The average molecular weight is 399 g/mol. The maximum atomic E-state index is 9.93. The van der Waals surface area contributed by atoms with Gasteiger partial charge in [-0.15, -0.1) is 0 Å². The van der Waals surface area contributed by atoms with Crippen LogP contribution in [0.1, 0.15) is 30.7 Å². The molecule has 1 N–H and O–H groups in total. The smallest absolute Gasteiger partial charge is 0.318 e. The van der Waals surface area contributed by atoms with Crippen molar-refractivity contribution >= 4 is 11.5 Å². The molecule has 0 unspecified atom stereocenters. The lowest BCUT2D eigenvalue weighted by atomic mass is 10.1. The van der Waals surface area contributed by atoms with Gasteiger partial charge in [-0.05, 0) is 51.0 Å². The van der Waals surface area contributed by atoms with Crippen molar-refractivity contribution in [1.29, 1.82) is 0 Å². The zero-order chi connectivity index (χ0) is 20.9. The highest BCUT2D eigenvalue weighted by Crippen LogP contribution is 2.21. The molecule has 1 fully saturated rings. The monoisotopic (exact) mass is 399 g/mol. The summed E-state index contributed by atoms with van der Waals surface area (Å²) in [7, 11) is 0. The molecule has 0 saturated carbocycles. The van der Waals surface area contributed by atoms with Crippen LogP contribution in [0.15, 0.2) is 34.5 Å². The van der Waals surface area contributed by atoms with E-state index in [1.807, 2.05) is 24.3 Å². The summed E-state index contributed by atoms with van der Waals surface area (Å²) in [4.78, 5) is 11.1. The Balaban J connectivity index is 1.77. The van der Waals surface area contributed by atoms with Crippen LogP contribution in [0.4, 0.5) is 11.5 Å². The lowest BCUT2D eigenvalue weighted by Gasteiger charge is -2.28. The normalized spacial score (nSPS) is 15.1. The lowest BCUT2D eigenvalue weighted by molar-refractivity contribution is 0.0249. The topological polar surface area (TPSA) is 92.4 Å². The van der Waals surface area contributed by atoms with Gasteiger partial charge < -0.3 is 19.5 Å². The molecule has 2 aromatic rings. The van der Waals surface area contributed by atoms with Crippen molar-refractivity contribution in [3.05, 3.63) is 41.1 Å². The van der Waals surface area contributed by atoms with E-state index in [9.17, 15) is 5.11 Å². The standard InChI is InChI=1S/C21H29N5O3/c1-15-5-6-17(11-16(15)2)25-22-13-18-12-19(26-7-9-28-10-8-26)24-20(23-18)29-14-21(3,4)27/h5-6,11-12,27H,7-10,13-14H2,1-4H3. The van der Waals surface area contributed by atoms with Crippen LogP contribution in [-0.2, 0) is 11.3 Å². The summed E-state index contributed by atoms with van der Waals surface area (Å²) in [6.07, 6.45) is 0. The Morgan fingerprint density at radius 3 is 2.59 bits per heavy atom. The van der Waals surface area contributed by atoms with Crippen LogP contribution in [0.2, 0.25) is 0 Å². The fourth-order valence-corrected chi connectivity index (χ4v) is 2.78. The minimum absolute atomic E-state index is 0.100. The third-order valence-corrected chi connectivity index (χ3v) is 4.54. The highest BCUT2D eigenvalue weighted by atomic mass is 16.5. The maximum Gasteiger partial charge on any atom is 0.318 e. The zero-order valence-corrected chi connectivity index (χ0v) is 17.6. The van der Waals surface area contributed by atoms with Gasteiger partial charge >= 0.3 is 6.01 Å². The summed E-state index contributed by atoms with van der Waals surface area (Å²) >= 11 is 0. The number of hydrogen-bond acceptors (Lipinski definition) is 8. The molecule has 0 bridgehead atoms. The number of rotatable bonds is 7. The Kier molecular flexibility index (Phi) is 6.76. The van der Waals surface area contributed by atoms with Crippen LogP contribution in [0, 0.1) is 13.8 Å². The summed E-state index contributed by atoms with van der Waals surface area (Å²) in [6, 6.07) is 8.13. The second-order valence-corrected chi connectivity index (χ2v) is 7.87. The highest BCUT2D eigenvalue weighted by Gasteiger charge is 2.18. The van der Waals surface area contributed by atoms with Gasteiger partial charge in [0.15, 0.2) is 0 Å². The van der Waals surface area contributed by atoms with Gasteiger partial charge in [-0.3, -0.25) is 0 Å². The molecule has 156 valence electrons. The Morgan fingerprint density at radius 1 is 1.14 bits per heavy atom. The van der Waals surface area contributed by atoms with Crippen LogP contribution in [0.25, 0.3) is 0 Å². The number of anilines is 1. The third kappa shape index (κ3) is 6.47. The number of hydrogen-bond donors (Lipinski definition) is 1. The van der Waals surface area contributed by atoms with E-state index in [1.54, 1.807) is 13.8 Å². The minimum Gasteiger partial charge on any atom is -0.460 e. The molecule has 1 aliphatic rings. The van der Waals surface area contributed by atoms with E-state index >= 15 is 0 Å². The van der Waals surface area contributed by atoms with E-state index in [-0.39, 0.29) is 12.6 Å². The zero-order valence-electron chi connectivity index (χ0n) is 17.6. The third-order valence-electron chi connectivity index (χ3n) is 4.54. The van der Waals surface area contributed by atoms with Crippen LogP contribution in [0.3, 0.4) is 0 Å². The maximum absolute atomic E-state index is 9.93. The molecule has 0 radical (unpaired) electrons. The average Bonchev–Trinajstić information content (AvgIpc) is 2.69. The van der Waals surface area contributed by atoms with E-state index in [0.29, 0.717) is 25.5 Å². The van der Waals surface area contributed by atoms with Crippen LogP contribution < -0.4 is 9.64 Å². The van der Waals surface area contributed by atoms with Gasteiger partial charge in [0.05, 0.1) is 30.2 Å². The number of nitrogens with zero attached hydrogens (tertiary/aromatic N) is 5. The summed E-state index contributed by atoms with van der Waals surface area (Å²) in [6.45, 7) is 10.7. The summed E-state index contributed by atoms with van der Waals surface area (Å²) in [5, 5.41) is 18.6. The van der Waals surface area contributed by atoms with Crippen molar-refractivity contribution < 1.29 is 14.6 Å². The predicted octanol–water partition coefficient (Wildman–Crippen LogP) is 3.36. The number of benzene rings is 1. The summed E-state index contributed by atoms with van der Waals surface area (Å²) in [5.74, 6) is 0.769. The number of aliphatic hydroxyl groups is 1. The molecule has 0 spiro atoms. The highest BCUT2D eigenvalue weighted by molar-refractivity contribution is 5.43. The first-order chi connectivity index (χ1) is 13.8.